The lowest BCUT2D eigenvalue weighted by atomic mass is 9.82. The normalized spacial score (nSPS) is 11.1. The van der Waals surface area contributed by atoms with Crippen molar-refractivity contribution in [2.24, 2.45) is 0 Å². The third-order valence-corrected chi connectivity index (χ3v) is 4.70. The molecule has 2 aromatic carbocycles. The standard InChI is InChI=1S/C21H26N2O4/c1-4-21(2,3)16-7-13-19(14-8-16)27-15-5-6-20(24)22-17-9-11-18(12-10-17)23(25)26/h7-14H,4-6,15H2,1-3H3,(H,22,24). The SMILES string of the molecule is CCC(C)(C)c1ccc(OCCCC(=O)Nc2ccc([N+](=O)[O-])cc2)cc1. The van der Waals surface area contributed by atoms with Crippen molar-refractivity contribution in [2.45, 2.75) is 45.4 Å². The highest BCUT2D eigenvalue weighted by Crippen LogP contribution is 2.28. The summed E-state index contributed by atoms with van der Waals surface area (Å²) in [6.07, 6.45) is 1.97. The van der Waals surface area contributed by atoms with E-state index in [1.54, 1.807) is 0 Å². The average molecular weight is 370 g/mol. The predicted octanol–water partition coefficient (Wildman–Crippen LogP) is 5.08. The highest BCUT2D eigenvalue weighted by Gasteiger charge is 2.17. The Hall–Kier alpha value is -2.89. The van der Waals surface area contributed by atoms with Gasteiger partial charge in [-0.05, 0) is 48.1 Å². The molecule has 1 amide bonds. The third-order valence-electron chi connectivity index (χ3n) is 4.70. The fourth-order valence-corrected chi connectivity index (χ4v) is 2.52. The molecule has 0 heterocycles. The maximum Gasteiger partial charge on any atom is 0.269 e. The van der Waals surface area contributed by atoms with Crippen LogP contribution in [-0.4, -0.2) is 17.4 Å². The zero-order valence-corrected chi connectivity index (χ0v) is 16.0. The van der Waals surface area contributed by atoms with Gasteiger partial charge < -0.3 is 10.1 Å². The second-order valence-electron chi connectivity index (χ2n) is 7.07. The van der Waals surface area contributed by atoms with Crippen LogP contribution in [0.2, 0.25) is 0 Å². The number of nitro benzene ring substituents is 1. The minimum Gasteiger partial charge on any atom is -0.494 e. The van der Waals surface area contributed by atoms with Gasteiger partial charge in [0.2, 0.25) is 5.91 Å². The van der Waals surface area contributed by atoms with Gasteiger partial charge in [0.25, 0.3) is 5.69 Å². The quantitative estimate of drug-likeness (QED) is 0.379. The summed E-state index contributed by atoms with van der Waals surface area (Å²) in [5.41, 5.74) is 1.96. The molecule has 27 heavy (non-hydrogen) atoms. The number of ether oxygens (including phenoxy) is 1. The molecule has 0 atom stereocenters. The van der Waals surface area contributed by atoms with Gasteiger partial charge in [0.1, 0.15) is 5.75 Å². The van der Waals surface area contributed by atoms with Crippen LogP contribution in [0.3, 0.4) is 0 Å². The Balaban J connectivity index is 1.73. The fraction of sp³-hybridized carbons (Fsp3) is 0.381. The van der Waals surface area contributed by atoms with Crippen LogP contribution in [-0.2, 0) is 10.2 Å². The molecule has 0 radical (unpaired) electrons. The molecule has 6 heteroatoms. The van der Waals surface area contributed by atoms with Gasteiger partial charge in [-0.15, -0.1) is 0 Å². The smallest absolute Gasteiger partial charge is 0.269 e. The van der Waals surface area contributed by atoms with Crippen molar-refractivity contribution < 1.29 is 14.5 Å². The number of nitrogens with zero attached hydrogens (tertiary/aromatic N) is 1. The monoisotopic (exact) mass is 370 g/mol. The van der Waals surface area contributed by atoms with E-state index < -0.39 is 4.92 Å². The van der Waals surface area contributed by atoms with E-state index in [9.17, 15) is 14.9 Å². The molecule has 0 spiro atoms. The van der Waals surface area contributed by atoms with Crippen LogP contribution in [0.1, 0.15) is 45.6 Å². The summed E-state index contributed by atoms with van der Waals surface area (Å²) >= 11 is 0. The minimum atomic E-state index is -0.473. The Labute approximate surface area is 159 Å². The Bertz CT molecular complexity index is 768. The third kappa shape index (κ3) is 6.09. The number of anilines is 1. The first-order chi connectivity index (χ1) is 12.8. The summed E-state index contributed by atoms with van der Waals surface area (Å²) in [6, 6.07) is 13.9. The van der Waals surface area contributed by atoms with Gasteiger partial charge in [-0.2, -0.15) is 0 Å². The molecular weight excluding hydrogens is 344 g/mol. The number of rotatable bonds is 9. The first-order valence-electron chi connectivity index (χ1n) is 9.09. The van der Waals surface area contributed by atoms with Gasteiger partial charge in [0.15, 0.2) is 0 Å². The summed E-state index contributed by atoms with van der Waals surface area (Å²) in [5.74, 6) is 0.647. The van der Waals surface area contributed by atoms with Gasteiger partial charge in [-0.25, -0.2) is 0 Å². The first kappa shape index (κ1) is 20.4. The van der Waals surface area contributed by atoms with Crippen LogP contribution in [0.25, 0.3) is 0 Å². The molecule has 1 N–H and O–H groups in total. The van der Waals surface area contributed by atoms with Gasteiger partial charge in [-0.1, -0.05) is 32.9 Å². The number of carbonyl (C=O) groups excluding carboxylic acids is 1. The highest BCUT2D eigenvalue weighted by molar-refractivity contribution is 5.90. The van der Waals surface area contributed by atoms with Gasteiger partial charge in [0.05, 0.1) is 11.5 Å². The van der Waals surface area contributed by atoms with Crippen molar-refractivity contribution in [1.82, 2.24) is 0 Å². The highest BCUT2D eigenvalue weighted by atomic mass is 16.6. The number of hydrogen-bond donors (Lipinski definition) is 1. The van der Waals surface area contributed by atoms with E-state index in [0.717, 1.165) is 12.2 Å². The van der Waals surface area contributed by atoms with Crippen LogP contribution < -0.4 is 10.1 Å². The molecular formula is C21H26N2O4. The zero-order valence-electron chi connectivity index (χ0n) is 16.0. The second-order valence-corrected chi connectivity index (χ2v) is 7.07. The molecule has 2 rings (SSSR count). The summed E-state index contributed by atoms with van der Waals surface area (Å²) in [6.45, 7) is 7.05. The second kappa shape index (κ2) is 9.16. The topological polar surface area (TPSA) is 81.5 Å². The van der Waals surface area contributed by atoms with Crippen LogP contribution in [0.5, 0.6) is 5.75 Å². The molecule has 0 fully saturated rings. The predicted molar refractivity (Wildman–Crippen MR) is 106 cm³/mol. The Morgan fingerprint density at radius 2 is 1.74 bits per heavy atom. The molecule has 0 unspecified atom stereocenters. The van der Waals surface area contributed by atoms with Gasteiger partial charge in [-0.3, -0.25) is 14.9 Å². The van der Waals surface area contributed by atoms with Crippen molar-refractivity contribution in [2.75, 3.05) is 11.9 Å². The van der Waals surface area contributed by atoms with E-state index in [0.29, 0.717) is 25.1 Å². The largest absolute Gasteiger partial charge is 0.494 e. The lowest BCUT2D eigenvalue weighted by molar-refractivity contribution is -0.384. The number of carbonyl (C=O) groups is 1. The van der Waals surface area contributed by atoms with Crippen LogP contribution in [0.15, 0.2) is 48.5 Å². The van der Waals surface area contributed by atoms with E-state index in [-0.39, 0.29) is 17.0 Å². The number of nitro groups is 1. The zero-order chi connectivity index (χ0) is 19.9. The Morgan fingerprint density at radius 1 is 1.11 bits per heavy atom. The summed E-state index contributed by atoms with van der Waals surface area (Å²) in [5, 5.41) is 13.3. The molecule has 0 aliphatic carbocycles. The molecule has 0 aliphatic rings. The number of non-ortho nitro benzene ring substituents is 1. The molecule has 144 valence electrons. The minimum absolute atomic E-state index is 0.00487. The van der Waals surface area contributed by atoms with Gasteiger partial charge >= 0.3 is 0 Å². The van der Waals surface area contributed by atoms with Crippen molar-refractivity contribution in [3.05, 3.63) is 64.2 Å². The molecule has 0 aromatic heterocycles. The Morgan fingerprint density at radius 3 is 2.30 bits per heavy atom. The lowest BCUT2D eigenvalue weighted by Gasteiger charge is -2.23. The van der Waals surface area contributed by atoms with E-state index >= 15 is 0 Å². The number of amides is 1. The molecule has 0 saturated heterocycles. The fourth-order valence-electron chi connectivity index (χ4n) is 2.52. The maximum absolute atomic E-state index is 11.9. The van der Waals surface area contributed by atoms with Crippen LogP contribution >= 0.6 is 0 Å². The van der Waals surface area contributed by atoms with Crippen molar-refractivity contribution in [1.29, 1.82) is 0 Å². The summed E-state index contributed by atoms with van der Waals surface area (Å²) in [7, 11) is 0. The summed E-state index contributed by atoms with van der Waals surface area (Å²) < 4.78 is 5.70. The van der Waals surface area contributed by atoms with E-state index in [2.05, 4.69) is 38.2 Å². The molecule has 0 saturated carbocycles. The number of hydrogen-bond acceptors (Lipinski definition) is 4. The van der Waals surface area contributed by atoms with Crippen LogP contribution in [0.4, 0.5) is 11.4 Å². The molecule has 6 nitrogen and oxygen atoms in total. The molecule has 0 bridgehead atoms. The molecule has 0 aliphatic heterocycles. The van der Waals surface area contributed by atoms with E-state index in [1.165, 1.54) is 29.8 Å². The van der Waals surface area contributed by atoms with Crippen molar-refractivity contribution in [3.63, 3.8) is 0 Å². The first-order valence-corrected chi connectivity index (χ1v) is 9.09. The lowest BCUT2D eigenvalue weighted by Crippen LogP contribution is -2.15. The summed E-state index contributed by atoms with van der Waals surface area (Å²) in [4.78, 5) is 22.1. The van der Waals surface area contributed by atoms with E-state index in [1.807, 2.05) is 12.1 Å². The van der Waals surface area contributed by atoms with Crippen molar-refractivity contribution in [3.8, 4) is 5.75 Å². The Kier molecular flexibility index (Phi) is 6.93. The van der Waals surface area contributed by atoms with Crippen LogP contribution in [0, 0.1) is 10.1 Å². The van der Waals surface area contributed by atoms with E-state index in [4.69, 9.17) is 4.74 Å². The number of nitrogens with one attached hydrogen (secondary N) is 1. The average Bonchev–Trinajstić information content (AvgIpc) is 2.66. The number of benzene rings is 2. The van der Waals surface area contributed by atoms with Gasteiger partial charge in [0, 0.05) is 24.2 Å². The maximum atomic E-state index is 11.9. The van der Waals surface area contributed by atoms with Crippen molar-refractivity contribution >= 4 is 17.3 Å². The molecule has 2 aromatic rings.